The van der Waals surface area contributed by atoms with Crippen molar-refractivity contribution in [3.8, 4) is 11.1 Å². The van der Waals surface area contributed by atoms with Gasteiger partial charge in [0.1, 0.15) is 17.5 Å². The molecular formula is C43H44F2N12O5S. The number of imide groups is 1. The molecule has 2 aromatic carbocycles. The number of anilines is 4. The van der Waals surface area contributed by atoms with Crippen LogP contribution >= 0.6 is 0 Å². The number of benzene rings is 2. The summed E-state index contributed by atoms with van der Waals surface area (Å²) in [6.07, 6.45) is 11.8. The Bertz CT molecular complexity index is 2840. The number of nitrogens with one attached hydrogen (secondary N) is 4. The number of piperidine rings is 2. The molecule has 17 nitrogen and oxygen atoms in total. The monoisotopic (exact) mass is 878 g/mol. The van der Waals surface area contributed by atoms with E-state index in [4.69, 9.17) is 5.10 Å². The molecule has 0 bridgehead atoms. The fourth-order valence-electron chi connectivity index (χ4n) is 8.21. The molecule has 0 radical (unpaired) electrons. The lowest BCUT2D eigenvalue weighted by Crippen LogP contribution is -2.47. The molecule has 20 heteroatoms. The van der Waals surface area contributed by atoms with E-state index < -0.39 is 44.9 Å². The molecule has 6 aromatic rings. The number of hydrogen-bond donors (Lipinski definition) is 4. The Kier molecular flexibility index (Phi) is 11.1. The van der Waals surface area contributed by atoms with Crippen molar-refractivity contribution in [2.45, 2.75) is 57.7 Å². The molecule has 1 unspecified atom stereocenters. The lowest BCUT2D eigenvalue weighted by Gasteiger charge is -2.32. The van der Waals surface area contributed by atoms with Crippen LogP contribution in [-0.4, -0.2) is 99.3 Å². The van der Waals surface area contributed by atoms with E-state index in [1.807, 2.05) is 24.3 Å². The first kappa shape index (κ1) is 41.5. The van der Waals surface area contributed by atoms with Crippen molar-refractivity contribution in [3.63, 3.8) is 0 Å². The number of aromatic amines is 1. The first-order valence-corrected chi connectivity index (χ1v) is 22.1. The molecule has 4 N–H and O–H groups in total. The maximum atomic E-state index is 15.6. The van der Waals surface area contributed by atoms with Gasteiger partial charge in [0, 0.05) is 104 Å². The maximum Gasteiger partial charge on any atom is 0.301 e. The molecule has 3 aliphatic rings. The Morgan fingerprint density at radius 3 is 2.41 bits per heavy atom. The van der Waals surface area contributed by atoms with Gasteiger partial charge in [0.05, 0.1) is 29.5 Å². The lowest BCUT2D eigenvalue weighted by molar-refractivity contribution is -0.133. The largest absolute Gasteiger partial charge is 0.374 e. The third kappa shape index (κ3) is 8.30. The first-order chi connectivity index (χ1) is 30.3. The zero-order valence-corrected chi connectivity index (χ0v) is 35.3. The van der Waals surface area contributed by atoms with E-state index in [0.29, 0.717) is 47.5 Å². The van der Waals surface area contributed by atoms with Crippen LogP contribution in [0.5, 0.6) is 0 Å². The average Bonchev–Trinajstić information content (AvgIpc) is 3.93. The fourth-order valence-corrected chi connectivity index (χ4v) is 9.14. The minimum absolute atomic E-state index is 0.0496. The summed E-state index contributed by atoms with van der Waals surface area (Å²) in [6.45, 7) is 4.71. The van der Waals surface area contributed by atoms with E-state index >= 15 is 8.78 Å². The topological polar surface area (TPSA) is 203 Å². The molecule has 0 aliphatic carbocycles. The van der Waals surface area contributed by atoms with Gasteiger partial charge >= 0.3 is 10.2 Å². The fraction of sp³-hybridized carbons (Fsp3) is 0.326. The van der Waals surface area contributed by atoms with Crippen LogP contribution in [0.15, 0.2) is 73.4 Å². The number of aromatic nitrogens is 6. The molecule has 2 amide bonds. The summed E-state index contributed by atoms with van der Waals surface area (Å²) in [4.78, 5) is 58.4. The number of nitrogens with zero attached hydrogens (tertiary/aromatic N) is 8. The average molecular weight is 879 g/mol. The molecule has 0 spiro atoms. The SMILES string of the molecule is CCN(C)S(=O)(=O)Nc1ccc(F)c(C(=O)c2c[nH]c3ncc(-c4cnc(N5CCC(n6cc7c(n6)CN(c6ccc(NC8CCC(=O)NC8=O)cc6)CC7)CC5)nc4)cc23)c1F. The van der Waals surface area contributed by atoms with Crippen LogP contribution in [-0.2, 0) is 32.8 Å². The molecule has 9 rings (SSSR count). The van der Waals surface area contributed by atoms with Crippen molar-refractivity contribution in [3.05, 3.63) is 107 Å². The molecule has 0 saturated carbocycles. The number of fused-ring (bicyclic) bond motifs is 2. The summed E-state index contributed by atoms with van der Waals surface area (Å²) in [7, 11) is -2.85. The summed E-state index contributed by atoms with van der Waals surface area (Å²) in [5.41, 5.74) is 4.20. The van der Waals surface area contributed by atoms with Crippen LogP contribution in [0.4, 0.5) is 31.8 Å². The molecule has 1 atom stereocenters. The number of pyridine rings is 1. The van der Waals surface area contributed by atoms with Gasteiger partial charge in [-0.15, -0.1) is 0 Å². The Balaban J connectivity index is 0.825. The van der Waals surface area contributed by atoms with Gasteiger partial charge in [-0.3, -0.25) is 29.1 Å². The summed E-state index contributed by atoms with van der Waals surface area (Å²) >= 11 is 0. The second-order valence-corrected chi connectivity index (χ2v) is 17.7. The van der Waals surface area contributed by atoms with E-state index in [1.54, 1.807) is 31.6 Å². The third-order valence-electron chi connectivity index (χ3n) is 12.0. The smallest absolute Gasteiger partial charge is 0.301 e. The number of H-pyrrole nitrogens is 1. The zero-order valence-electron chi connectivity index (χ0n) is 34.4. The molecule has 7 heterocycles. The Labute approximate surface area is 361 Å². The highest BCUT2D eigenvalue weighted by Gasteiger charge is 2.30. The molecule has 2 fully saturated rings. The number of halogens is 2. The van der Waals surface area contributed by atoms with Crippen LogP contribution in [0.3, 0.4) is 0 Å². The highest BCUT2D eigenvalue weighted by molar-refractivity contribution is 7.90. The minimum atomic E-state index is -4.15. The highest BCUT2D eigenvalue weighted by atomic mass is 32.2. The predicted octanol–water partition coefficient (Wildman–Crippen LogP) is 4.96. The van der Waals surface area contributed by atoms with Gasteiger partial charge in [-0.05, 0) is 73.7 Å². The van der Waals surface area contributed by atoms with E-state index in [1.165, 1.54) is 18.8 Å². The maximum absolute atomic E-state index is 15.6. The molecule has 4 aromatic heterocycles. The van der Waals surface area contributed by atoms with E-state index in [9.17, 15) is 22.8 Å². The van der Waals surface area contributed by atoms with E-state index in [2.05, 4.69) is 56.0 Å². The van der Waals surface area contributed by atoms with E-state index in [-0.39, 0.29) is 30.0 Å². The lowest BCUT2D eigenvalue weighted by atomic mass is 10.0. The number of rotatable bonds is 12. The minimum Gasteiger partial charge on any atom is -0.374 e. The Morgan fingerprint density at radius 2 is 1.68 bits per heavy atom. The number of hydrogen-bond acceptors (Lipinski definition) is 12. The quantitative estimate of drug-likeness (QED) is 0.0953. The van der Waals surface area contributed by atoms with Gasteiger partial charge in [-0.2, -0.15) is 17.8 Å². The van der Waals surface area contributed by atoms with Crippen LogP contribution in [0, 0.1) is 11.6 Å². The van der Waals surface area contributed by atoms with Crippen molar-refractivity contribution in [1.82, 2.24) is 39.3 Å². The van der Waals surface area contributed by atoms with Gasteiger partial charge in [0.25, 0.3) is 0 Å². The Morgan fingerprint density at radius 1 is 0.937 bits per heavy atom. The molecule has 3 aliphatic heterocycles. The van der Waals surface area contributed by atoms with Crippen molar-refractivity contribution in [2.24, 2.45) is 0 Å². The molecule has 63 heavy (non-hydrogen) atoms. The summed E-state index contributed by atoms with van der Waals surface area (Å²) < 4.78 is 60.9. The highest BCUT2D eigenvalue weighted by Crippen LogP contribution is 2.32. The molecule has 2 saturated heterocycles. The van der Waals surface area contributed by atoms with Crippen LogP contribution in [0.2, 0.25) is 0 Å². The van der Waals surface area contributed by atoms with E-state index in [0.717, 1.165) is 72.4 Å². The van der Waals surface area contributed by atoms with Gasteiger partial charge in [0.15, 0.2) is 5.82 Å². The van der Waals surface area contributed by atoms with Gasteiger partial charge in [-0.25, -0.2) is 23.7 Å². The second-order valence-electron chi connectivity index (χ2n) is 15.9. The van der Waals surface area contributed by atoms with Crippen LogP contribution < -0.4 is 25.2 Å². The Hall–Kier alpha value is -6.80. The van der Waals surface area contributed by atoms with Crippen molar-refractivity contribution < 1.29 is 31.6 Å². The normalized spacial score (nSPS) is 17.3. The number of carbonyl (C=O) groups is 3. The van der Waals surface area contributed by atoms with Crippen LogP contribution in [0.25, 0.3) is 22.2 Å². The standard InChI is InChI=1S/C43H44F2N12O5S/c1-3-54(2)63(61,62)53-34-9-8-33(44)38(39(34)45)40(59)32-22-47-41-31(32)18-26(19-46-41)27-20-48-43(49-21-27)55-16-13-30(14-17-55)57-23-25-12-15-56(24-36(25)52-57)29-6-4-28(5-7-29)50-35-10-11-37(58)51-42(35)60/h4-9,18-23,30,35,50,53H,3,10-17,24H2,1-2H3,(H,46,47)(H,51,58,60). The van der Waals surface area contributed by atoms with Crippen LogP contribution in [0.1, 0.15) is 65.8 Å². The summed E-state index contributed by atoms with van der Waals surface area (Å²) in [6, 6.07) is 11.2. The number of amides is 2. The van der Waals surface area contributed by atoms with Gasteiger partial charge in [-0.1, -0.05) is 6.92 Å². The van der Waals surface area contributed by atoms with Crippen molar-refractivity contribution >= 4 is 61.9 Å². The molecule has 326 valence electrons. The molecular weight excluding hydrogens is 835 g/mol. The third-order valence-corrected chi connectivity index (χ3v) is 13.5. The second kappa shape index (κ2) is 16.8. The number of ketones is 1. The summed E-state index contributed by atoms with van der Waals surface area (Å²) in [5.74, 6) is -3.43. The zero-order chi connectivity index (χ0) is 44.0. The van der Waals surface area contributed by atoms with Crippen molar-refractivity contribution in [1.29, 1.82) is 0 Å². The van der Waals surface area contributed by atoms with Gasteiger partial charge < -0.3 is 20.1 Å². The van der Waals surface area contributed by atoms with Gasteiger partial charge in [0.2, 0.25) is 23.5 Å². The number of carbonyl (C=O) groups excluding carboxylic acids is 3. The predicted molar refractivity (Wildman–Crippen MR) is 231 cm³/mol. The summed E-state index contributed by atoms with van der Waals surface area (Å²) in [5, 5.41) is 11.0. The first-order valence-electron chi connectivity index (χ1n) is 20.7. The van der Waals surface area contributed by atoms with Crippen molar-refractivity contribution in [2.75, 3.05) is 53.1 Å².